The SMILES string of the molecule is COC(=O)C(C)(Nc1ccc(C)cc1)c1ccc(O)cc1. The van der Waals surface area contributed by atoms with E-state index in [0.29, 0.717) is 5.56 Å². The van der Waals surface area contributed by atoms with E-state index in [1.165, 1.54) is 7.11 Å². The maximum absolute atomic E-state index is 12.2. The topological polar surface area (TPSA) is 58.6 Å². The summed E-state index contributed by atoms with van der Waals surface area (Å²) in [6, 6.07) is 14.3. The van der Waals surface area contributed by atoms with Crippen molar-refractivity contribution >= 4 is 11.7 Å². The number of anilines is 1. The van der Waals surface area contributed by atoms with Gasteiger partial charge in [-0.15, -0.1) is 0 Å². The average Bonchev–Trinajstić information content (AvgIpc) is 2.49. The molecule has 2 N–H and O–H groups in total. The summed E-state index contributed by atoms with van der Waals surface area (Å²) in [6.45, 7) is 3.76. The van der Waals surface area contributed by atoms with Crippen LogP contribution in [-0.2, 0) is 15.1 Å². The van der Waals surface area contributed by atoms with Crippen molar-refractivity contribution in [2.45, 2.75) is 19.4 Å². The Morgan fingerprint density at radius 3 is 2.19 bits per heavy atom. The van der Waals surface area contributed by atoms with Gasteiger partial charge in [0.2, 0.25) is 0 Å². The summed E-state index contributed by atoms with van der Waals surface area (Å²) in [7, 11) is 1.36. The van der Waals surface area contributed by atoms with E-state index in [2.05, 4.69) is 5.32 Å². The number of phenols is 1. The average molecular weight is 285 g/mol. The van der Waals surface area contributed by atoms with Gasteiger partial charge >= 0.3 is 5.97 Å². The molecule has 0 aliphatic carbocycles. The van der Waals surface area contributed by atoms with Gasteiger partial charge in [0.25, 0.3) is 0 Å². The van der Waals surface area contributed by atoms with Crippen LogP contribution in [0.15, 0.2) is 48.5 Å². The fraction of sp³-hybridized carbons (Fsp3) is 0.235. The zero-order chi connectivity index (χ0) is 15.5. The predicted octanol–water partition coefficient (Wildman–Crippen LogP) is 3.20. The van der Waals surface area contributed by atoms with E-state index in [9.17, 15) is 9.90 Å². The Kier molecular flexibility index (Phi) is 4.17. The first kappa shape index (κ1) is 14.9. The van der Waals surface area contributed by atoms with Gasteiger partial charge in [0, 0.05) is 5.69 Å². The number of hydrogen-bond donors (Lipinski definition) is 2. The maximum atomic E-state index is 12.2. The monoisotopic (exact) mass is 285 g/mol. The van der Waals surface area contributed by atoms with Crippen LogP contribution in [-0.4, -0.2) is 18.2 Å². The lowest BCUT2D eigenvalue weighted by atomic mass is 9.91. The predicted molar refractivity (Wildman–Crippen MR) is 82.3 cm³/mol. The minimum absolute atomic E-state index is 0.154. The minimum atomic E-state index is -1.03. The summed E-state index contributed by atoms with van der Waals surface area (Å²) >= 11 is 0. The Morgan fingerprint density at radius 1 is 1.10 bits per heavy atom. The molecule has 0 aromatic heterocycles. The summed E-state index contributed by atoms with van der Waals surface area (Å²) in [5.41, 5.74) is 1.65. The molecule has 110 valence electrons. The highest BCUT2D eigenvalue weighted by molar-refractivity contribution is 5.85. The smallest absolute Gasteiger partial charge is 0.335 e. The first-order chi connectivity index (χ1) is 9.95. The van der Waals surface area contributed by atoms with Crippen molar-refractivity contribution in [1.29, 1.82) is 0 Å². The lowest BCUT2D eigenvalue weighted by molar-refractivity contribution is -0.145. The van der Waals surface area contributed by atoms with Crippen LogP contribution in [0.2, 0.25) is 0 Å². The van der Waals surface area contributed by atoms with Crippen LogP contribution in [0, 0.1) is 6.92 Å². The molecule has 1 atom stereocenters. The number of benzene rings is 2. The molecule has 4 heteroatoms. The summed E-state index contributed by atoms with van der Waals surface area (Å²) in [4.78, 5) is 12.2. The molecule has 2 rings (SSSR count). The molecule has 21 heavy (non-hydrogen) atoms. The van der Waals surface area contributed by atoms with E-state index in [1.54, 1.807) is 31.2 Å². The van der Waals surface area contributed by atoms with Gasteiger partial charge in [0.15, 0.2) is 5.54 Å². The third-order valence-electron chi connectivity index (χ3n) is 3.48. The second kappa shape index (κ2) is 5.87. The van der Waals surface area contributed by atoms with Crippen LogP contribution in [0.25, 0.3) is 0 Å². The van der Waals surface area contributed by atoms with E-state index in [1.807, 2.05) is 31.2 Å². The van der Waals surface area contributed by atoms with Crippen LogP contribution in [0.1, 0.15) is 18.1 Å². The molecule has 2 aromatic carbocycles. The standard InChI is InChI=1S/C17H19NO3/c1-12-4-8-14(9-5-12)18-17(2,16(20)21-3)13-6-10-15(19)11-7-13/h4-11,18-19H,1-3H3. The Hall–Kier alpha value is -2.49. The number of hydrogen-bond acceptors (Lipinski definition) is 4. The van der Waals surface area contributed by atoms with Crippen LogP contribution >= 0.6 is 0 Å². The molecule has 4 nitrogen and oxygen atoms in total. The highest BCUT2D eigenvalue weighted by atomic mass is 16.5. The van der Waals surface area contributed by atoms with Gasteiger partial charge in [-0.25, -0.2) is 4.79 Å². The maximum Gasteiger partial charge on any atom is 0.335 e. The van der Waals surface area contributed by atoms with Gasteiger partial charge in [0.05, 0.1) is 7.11 Å². The molecule has 0 aliphatic heterocycles. The zero-order valence-electron chi connectivity index (χ0n) is 12.4. The molecular weight excluding hydrogens is 266 g/mol. The number of aryl methyl sites for hydroxylation is 1. The van der Waals surface area contributed by atoms with Crippen molar-refractivity contribution in [2.24, 2.45) is 0 Å². The molecule has 0 fully saturated rings. The molecule has 0 amide bonds. The van der Waals surface area contributed by atoms with Gasteiger partial charge in [-0.3, -0.25) is 0 Å². The van der Waals surface area contributed by atoms with E-state index in [-0.39, 0.29) is 5.75 Å². The third-order valence-corrected chi connectivity index (χ3v) is 3.48. The van der Waals surface area contributed by atoms with Crippen molar-refractivity contribution in [2.75, 3.05) is 12.4 Å². The Morgan fingerprint density at radius 2 is 1.67 bits per heavy atom. The Bertz CT molecular complexity index is 619. The number of phenolic OH excluding ortho intramolecular Hbond substituents is 1. The Labute approximate surface area is 124 Å². The van der Waals surface area contributed by atoms with E-state index in [4.69, 9.17) is 4.74 Å². The summed E-state index contributed by atoms with van der Waals surface area (Å²) in [5.74, 6) is -0.241. The van der Waals surface area contributed by atoms with Gasteiger partial charge < -0.3 is 15.2 Å². The van der Waals surface area contributed by atoms with Crippen molar-refractivity contribution < 1.29 is 14.6 Å². The second-order valence-electron chi connectivity index (χ2n) is 5.15. The molecule has 0 saturated heterocycles. The van der Waals surface area contributed by atoms with Crippen molar-refractivity contribution in [3.8, 4) is 5.75 Å². The second-order valence-corrected chi connectivity index (χ2v) is 5.15. The fourth-order valence-electron chi connectivity index (χ4n) is 2.17. The number of aromatic hydroxyl groups is 1. The first-order valence-corrected chi connectivity index (χ1v) is 6.68. The number of methoxy groups -OCH3 is 1. The summed E-state index contributed by atoms with van der Waals surface area (Å²) in [6.07, 6.45) is 0. The lowest BCUT2D eigenvalue weighted by Crippen LogP contribution is -2.41. The number of ether oxygens (including phenoxy) is 1. The molecule has 0 radical (unpaired) electrons. The molecule has 2 aromatic rings. The lowest BCUT2D eigenvalue weighted by Gasteiger charge is -2.29. The van der Waals surface area contributed by atoms with Gasteiger partial charge in [-0.1, -0.05) is 29.8 Å². The molecule has 1 unspecified atom stereocenters. The van der Waals surface area contributed by atoms with Crippen LogP contribution in [0.4, 0.5) is 5.69 Å². The summed E-state index contributed by atoms with van der Waals surface area (Å²) < 4.78 is 4.93. The number of rotatable bonds is 4. The molecule has 0 spiro atoms. The molecule has 0 aliphatic rings. The van der Waals surface area contributed by atoms with Crippen molar-refractivity contribution in [3.63, 3.8) is 0 Å². The zero-order valence-corrected chi connectivity index (χ0v) is 12.4. The molecule has 0 bridgehead atoms. The van der Waals surface area contributed by atoms with Crippen LogP contribution in [0.5, 0.6) is 5.75 Å². The quantitative estimate of drug-likeness (QED) is 0.847. The van der Waals surface area contributed by atoms with E-state index >= 15 is 0 Å². The van der Waals surface area contributed by atoms with Crippen LogP contribution in [0.3, 0.4) is 0 Å². The highest BCUT2D eigenvalue weighted by Crippen LogP contribution is 2.29. The number of carbonyl (C=O) groups is 1. The van der Waals surface area contributed by atoms with Gasteiger partial charge in [0.1, 0.15) is 5.75 Å². The van der Waals surface area contributed by atoms with Crippen LogP contribution < -0.4 is 5.32 Å². The van der Waals surface area contributed by atoms with Gasteiger partial charge in [-0.2, -0.15) is 0 Å². The molecular formula is C17H19NO3. The Balaban J connectivity index is 2.39. The van der Waals surface area contributed by atoms with Gasteiger partial charge in [-0.05, 0) is 43.7 Å². The third kappa shape index (κ3) is 3.16. The fourth-order valence-corrected chi connectivity index (χ4v) is 2.17. The normalized spacial score (nSPS) is 13.3. The van der Waals surface area contributed by atoms with E-state index in [0.717, 1.165) is 11.3 Å². The minimum Gasteiger partial charge on any atom is -0.508 e. The van der Waals surface area contributed by atoms with E-state index < -0.39 is 11.5 Å². The van der Waals surface area contributed by atoms with Crippen molar-refractivity contribution in [1.82, 2.24) is 0 Å². The summed E-state index contributed by atoms with van der Waals surface area (Å²) in [5, 5.41) is 12.6. The molecule has 0 saturated carbocycles. The first-order valence-electron chi connectivity index (χ1n) is 6.68. The number of carbonyl (C=O) groups excluding carboxylic acids is 1. The molecule has 0 heterocycles. The largest absolute Gasteiger partial charge is 0.508 e. The van der Waals surface area contributed by atoms with Crippen molar-refractivity contribution in [3.05, 3.63) is 59.7 Å². The highest BCUT2D eigenvalue weighted by Gasteiger charge is 2.36. The number of esters is 1. The number of nitrogens with one attached hydrogen (secondary N) is 1.